The molecule has 0 spiro atoms. The predicted molar refractivity (Wildman–Crippen MR) is 118 cm³/mol. The van der Waals surface area contributed by atoms with E-state index in [1.54, 1.807) is 11.0 Å². The third kappa shape index (κ3) is 5.60. The van der Waals surface area contributed by atoms with E-state index in [0.29, 0.717) is 24.6 Å². The van der Waals surface area contributed by atoms with Gasteiger partial charge in [-0.05, 0) is 37.0 Å². The van der Waals surface area contributed by atoms with Crippen molar-refractivity contribution in [3.63, 3.8) is 0 Å². The van der Waals surface area contributed by atoms with Crippen LogP contribution in [0.1, 0.15) is 30.9 Å². The lowest BCUT2D eigenvalue weighted by atomic mass is 10.0. The van der Waals surface area contributed by atoms with E-state index < -0.39 is 0 Å². The van der Waals surface area contributed by atoms with Crippen molar-refractivity contribution in [1.82, 2.24) is 20.4 Å². The largest absolute Gasteiger partial charge is 0.353 e. The van der Waals surface area contributed by atoms with Gasteiger partial charge in [0.2, 0.25) is 5.91 Å². The van der Waals surface area contributed by atoms with Gasteiger partial charge in [-0.3, -0.25) is 4.79 Å². The molecular formula is C21H27ClN6O2. The van der Waals surface area contributed by atoms with E-state index in [2.05, 4.69) is 25.7 Å². The fourth-order valence-electron chi connectivity index (χ4n) is 3.55. The molecule has 0 saturated carbocycles. The van der Waals surface area contributed by atoms with Gasteiger partial charge >= 0.3 is 6.03 Å². The molecule has 0 bridgehead atoms. The number of aryl methyl sites for hydroxylation is 1. The molecule has 0 unspecified atom stereocenters. The maximum Gasteiger partial charge on any atom is 0.317 e. The van der Waals surface area contributed by atoms with Crippen molar-refractivity contribution < 1.29 is 9.59 Å². The van der Waals surface area contributed by atoms with Crippen molar-refractivity contribution in [3.8, 4) is 0 Å². The van der Waals surface area contributed by atoms with Crippen LogP contribution in [-0.4, -0.2) is 53.2 Å². The summed E-state index contributed by atoms with van der Waals surface area (Å²) in [5.74, 6) is 0.536. The average Bonchev–Trinajstić information content (AvgIpc) is 2.73. The summed E-state index contributed by atoms with van der Waals surface area (Å²) in [6.45, 7) is 5.33. The minimum atomic E-state index is -0.155. The van der Waals surface area contributed by atoms with Crippen LogP contribution in [0.5, 0.6) is 0 Å². The molecule has 0 aliphatic carbocycles. The minimum Gasteiger partial charge on any atom is -0.353 e. The number of anilines is 2. The van der Waals surface area contributed by atoms with Crippen molar-refractivity contribution in [3.05, 3.63) is 46.6 Å². The van der Waals surface area contributed by atoms with E-state index in [1.165, 1.54) is 13.1 Å². The van der Waals surface area contributed by atoms with Crippen LogP contribution < -0.4 is 15.5 Å². The molecule has 3 rings (SSSR count). The van der Waals surface area contributed by atoms with Crippen molar-refractivity contribution >= 4 is 35.0 Å². The maximum absolute atomic E-state index is 12.7. The zero-order chi connectivity index (χ0) is 21.7. The highest BCUT2D eigenvalue weighted by Gasteiger charge is 2.27. The third-order valence-electron chi connectivity index (χ3n) is 5.22. The number of halogens is 1. The van der Waals surface area contributed by atoms with E-state index in [1.807, 2.05) is 32.2 Å². The summed E-state index contributed by atoms with van der Waals surface area (Å²) in [6, 6.07) is 7.48. The zero-order valence-electron chi connectivity index (χ0n) is 17.5. The smallest absolute Gasteiger partial charge is 0.317 e. The first-order chi connectivity index (χ1) is 14.3. The topological polar surface area (TPSA) is 90.5 Å². The van der Waals surface area contributed by atoms with Gasteiger partial charge in [-0.2, -0.15) is 5.10 Å². The Morgan fingerprint density at radius 3 is 2.87 bits per heavy atom. The van der Waals surface area contributed by atoms with Crippen LogP contribution in [0, 0.1) is 6.92 Å². The van der Waals surface area contributed by atoms with Crippen molar-refractivity contribution in [1.29, 1.82) is 0 Å². The molecule has 1 aromatic carbocycles. The number of rotatable bonds is 5. The number of piperidine rings is 1. The van der Waals surface area contributed by atoms with Crippen LogP contribution in [0.25, 0.3) is 0 Å². The van der Waals surface area contributed by atoms with Gasteiger partial charge in [-0.25, -0.2) is 4.79 Å². The van der Waals surface area contributed by atoms with Gasteiger partial charge in [0.15, 0.2) is 5.82 Å². The normalized spacial score (nSPS) is 16.1. The van der Waals surface area contributed by atoms with Crippen LogP contribution in [0.2, 0.25) is 5.02 Å². The molecular weight excluding hydrogens is 404 g/mol. The summed E-state index contributed by atoms with van der Waals surface area (Å²) in [6.07, 6.45) is 3.37. The molecule has 9 heteroatoms. The number of nitrogens with zero attached hydrogens (tertiary/aromatic N) is 4. The first kappa shape index (κ1) is 21.8. The Bertz CT molecular complexity index is 922. The fourth-order valence-corrected chi connectivity index (χ4v) is 3.66. The molecule has 30 heavy (non-hydrogen) atoms. The number of benzene rings is 1. The molecule has 8 nitrogen and oxygen atoms in total. The highest BCUT2D eigenvalue weighted by Crippen LogP contribution is 2.22. The second-order valence-corrected chi connectivity index (χ2v) is 7.99. The van der Waals surface area contributed by atoms with Crippen LogP contribution in [0.4, 0.5) is 16.3 Å². The van der Waals surface area contributed by atoms with Crippen LogP contribution in [-0.2, 0) is 11.3 Å². The van der Waals surface area contributed by atoms with Crippen LogP contribution in [0.3, 0.4) is 0 Å². The Labute approximate surface area is 181 Å². The van der Waals surface area contributed by atoms with Crippen LogP contribution >= 0.6 is 11.6 Å². The summed E-state index contributed by atoms with van der Waals surface area (Å²) in [7, 11) is 1.82. The van der Waals surface area contributed by atoms with E-state index in [9.17, 15) is 9.59 Å². The number of nitrogens with one attached hydrogen (secondary N) is 2. The van der Waals surface area contributed by atoms with Gasteiger partial charge in [-0.1, -0.05) is 23.7 Å². The summed E-state index contributed by atoms with van der Waals surface area (Å²) < 4.78 is 0. The number of likely N-dealkylation sites (N-methyl/N-ethyl adjacent to an activating group) is 1. The van der Waals surface area contributed by atoms with E-state index in [4.69, 9.17) is 11.6 Å². The molecule has 1 aliphatic rings. The lowest BCUT2D eigenvalue weighted by molar-refractivity contribution is -0.114. The highest BCUT2D eigenvalue weighted by atomic mass is 35.5. The van der Waals surface area contributed by atoms with E-state index in [-0.39, 0.29) is 18.0 Å². The lowest BCUT2D eigenvalue weighted by Crippen LogP contribution is -2.51. The third-order valence-corrected chi connectivity index (χ3v) is 5.64. The number of hydrogen-bond donors (Lipinski definition) is 2. The molecule has 2 aromatic rings. The Morgan fingerprint density at radius 2 is 2.13 bits per heavy atom. The summed E-state index contributed by atoms with van der Waals surface area (Å²) in [5, 5.41) is 14.6. The molecule has 1 atom stereocenters. The Kier molecular flexibility index (Phi) is 7.10. The molecule has 1 aromatic heterocycles. The molecule has 2 heterocycles. The van der Waals surface area contributed by atoms with Gasteiger partial charge in [-0.15, -0.1) is 5.10 Å². The average molecular weight is 431 g/mol. The second kappa shape index (κ2) is 9.75. The number of urea groups is 1. The summed E-state index contributed by atoms with van der Waals surface area (Å²) >= 11 is 6.06. The van der Waals surface area contributed by atoms with E-state index >= 15 is 0 Å². The Balaban J connectivity index is 1.59. The fraction of sp³-hybridized carbons (Fsp3) is 0.429. The van der Waals surface area contributed by atoms with Crippen molar-refractivity contribution in [2.75, 3.05) is 30.4 Å². The predicted octanol–water partition coefficient (Wildman–Crippen LogP) is 3.21. The quantitative estimate of drug-likeness (QED) is 0.760. The lowest BCUT2D eigenvalue weighted by Gasteiger charge is -2.38. The van der Waals surface area contributed by atoms with Crippen molar-refractivity contribution in [2.45, 2.75) is 39.3 Å². The molecule has 1 fully saturated rings. The zero-order valence-corrected chi connectivity index (χ0v) is 18.2. The first-order valence-electron chi connectivity index (χ1n) is 9.94. The molecule has 1 aliphatic heterocycles. The molecule has 2 N–H and O–H groups in total. The van der Waals surface area contributed by atoms with Gasteiger partial charge < -0.3 is 20.4 Å². The molecule has 0 radical (unpaired) electrons. The number of carbonyl (C=O) groups excluding carboxylic acids is 2. The van der Waals surface area contributed by atoms with E-state index in [0.717, 1.165) is 35.5 Å². The first-order valence-corrected chi connectivity index (χ1v) is 10.3. The monoisotopic (exact) mass is 430 g/mol. The summed E-state index contributed by atoms with van der Waals surface area (Å²) in [5.41, 5.74) is 2.61. The number of hydrogen-bond acceptors (Lipinski definition) is 5. The molecule has 1 saturated heterocycles. The maximum atomic E-state index is 12.7. The standard InChI is InChI=1S/C21H27ClN6O2/c1-14-9-16(6-7-19(14)22)11-23-21(30)27(3)18-5-4-8-28(13-18)20-10-17(12-24-26-20)25-15(2)29/h6-7,9-10,12,18H,4-5,8,11,13H2,1-3H3,(H,23,30)(H,25,26,29)/t18-/m1/s1. The Morgan fingerprint density at radius 1 is 1.33 bits per heavy atom. The van der Waals surface area contributed by atoms with Gasteiger partial charge in [0.1, 0.15) is 0 Å². The minimum absolute atomic E-state index is 0.0527. The van der Waals surface area contributed by atoms with Gasteiger partial charge in [0.05, 0.1) is 17.9 Å². The second-order valence-electron chi connectivity index (χ2n) is 7.58. The van der Waals surface area contributed by atoms with Crippen molar-refractivity contribution in [2.24, 2.45) is 0 Å². The van der Waals surface area contributed by atoms with Gasteiger partial charge in [0.25, 0.3) is 0 Å². The van der Waals surface area contributed by atoms with Gasteiger partial charge in [0, 0.05) is 44.7 Å². The SMILES string of the molecule is CC(=O)Nc1cnnc(N2CCC[C@@H](N(C)C(=O)NCc3ccc(Cl)c(C)c3)C2)c1. The molecule has 3 amide bonds. The van der Waals surface area contributed by atoms with Crippen LogP contribution in [0.15, 0.2) is 30.5 Å². The number of carbonyl (C=O) groups is 2. The summed E-state index contributed by atoms with van der Waals surface area (Å²) in [4.78, 5) is 27.8. The Hall–Kier alpha value is -2.87. The highest BCUT2D eigenvalue weighted by molar-refractivity contribution is 6.31. The molecule has 160 valence electrons. The number of aromatic nitrogens is 2. The number of amides is 3.